The summed E-state index contributed by atoms with van der Waals surface area (Å²) in [5.41, 5.74) is -0.161. The minimum Gasteiger partial charge on any atom is -0.396 e. The molecule has 1 aliphatic carbocycles. The Labute approximate surface area is 131 Å². The smallest absolute Gasteiger partial charge is 0.271 e. The van der Waals surface area contributed by atoms with Gasteiger partial charge in [-0.3, -0.25) is 9.59 Å². The van der Waals surface area contributed by atoms with Crippen LogP contribution in [-0.2, 0) is 0 Å². The second kappa shape index (κ2) is 5.92. The predicted octanol–water partition coefficient (Wildman–Crippen LogP) is 0.874. The van der Waals surface area contributed by atoms with Crippen molar-refractivity contribution in [3.05, 3.63) is 58.3 Å². The molecule has 1 aromatic heterocycles. The zero-order valence-corrected chi connectivity index (χ0v) is 12.3. The van der Waals surface area contributed by atoms with E-state index in [0.717, 1.165) is 17.5 Å². The van der Waals surface area contributed by atoms with Crippen LogP contribution in [0.4, 0.5) is 4.39 Å². The summed E-state index contributed by atoms with van der Waals surface area (Å²) in [7, 11) is 0. The first-order valence-corrected chi connectivity index (χ1v) is 7.28. The van der Waals surface area contributed by atoms with E-state index in [-0.39, 0.29) is 17.7 Å². The van der Waals surface area contributed by atoms with Crippen LogP contribution in [0.25, 0.3) is 5.69 Å². The first-order valence-electron chi connectivity index (χ1n) is 7.28. The summed E-state index contributed by atoms with van der Waals surface area (Å²) in [6.07, 6.45) is 1.76. The van der Waals surface area contributed by atoms with Crippen molar-refractivity contribution in [2.75, 3.05) is 13.2 Å². The third-order valence-electron chi connectivity index (χ3n) is 4.02. The maximum Gasteiger partial charge on any atom is 0.271 e. The van der Waals surface area contributed by atoms with Crippen LogP contribution >= 0.6 is 0 Å². The number of carbonyl (C=O) groups is 1. The molecule has 1 aromatic carbocycles. The van der Waals surface area contributed by atoms with Gasteiger partial charge in [-0.05, 0) is 43.2 Å². The third kappa shape index (κ3) is 3.29. The number of nitrogens with zero attached hydrogens (tertiary/aromatic N) is 2. The van der Waals surface area contributed by atoms with Crippen LogP contribution < -0.4 is 10.9 Å². The number of benzene rings is 1. The predicted molar refractivity (Wildman–Crippen MR) is 80.9 cm³/mol. The van der Waals surface area contributed by atoms with E-state index in [9.17, 15) is 19.1 Å². The first-order chi connectivity index (χ1) is 11.0. The lowest BCUT2D eigenvalue weighted by Gasteiger charge is -2.13. The van der Waals surface area contributed by atoms with Gasteiger partial charge in [0.05, 0.1) is 12.3 Å². The zero-order valence-electron chi connectivity index (χ0n) is 12.3. The van der Waals surface area contributed by atoms with Gasteiger partial charge in [0, 0.05) is 18.0 Å². The van der Waals surface area contributed by atoms with Crippen LogP contribution in [0.3, 0.4) is 0 Å². The lowest BCUT2D eigenvalue weighted by Crippen LogP contribution is -2.34. The average Bonchev–Trinajstić information content (AvgIpc) is 3.35. The highest BCUT2D eigenvalue weighted by Gasteiger charge is 2.42. The van der Waals surface area contributed by atoms with E-state index < -0.39 is 17.3 Å². The Bertz CT molecular complexity index is 782. The molecule has 0 bridgehead atoms. The van der Waals surface area contributed by atoms with E-state index in [1.807, 2.05) is 0 Å². The van der Waals surface area contributed by atoms with Crippen molar-refractivity contribution < 1.29 is 14.3 Å². The molecule has 1 aliphatic rings. The Morgan fingerprint density at radius 1 is 1.26 bits per heavy atom. The maximum atomic E-state index is 13.0. The summed E-state index contributed by atoms with van der Waals surface area (Å²) in [5.74, 6) is -0.838. The van der Waals surface area contributed by atoms with E-state index in [0.29, 0.717) is 12.2 Å². The van der Waals surface area contributed by atoms with Gasteiger partial charge in [0.1, 0.15) is 11.5 Å². The fraction of sp³-hybridized carbons (Fsp3) is 0.312. The molecular weight excluding hydrogens is 301 g/mol. The summed E-state index contributed by atoms with van der Waals surface area (Å²) in [6, 6.07) is 7.84. The van der Waals surface area contributed by atoms with Crippen LogP contribution in [0, 0.1) is 11.2 Å². The Morgan fingerprint density at radius 2 is 1.96 bits per heavy atom. The molecule has 120 valence electrons. The number of aliphatic hydroxyl groups excluding tert-OH is 1. The second-order valence-electron chi connectivity index (χ2n) is 5.79. The van der Waals surface area contributed by atoms with Crippen molar-refractivity contribution in [1.82, 2.24) is 15.1 Å². The molecule has 1 amide bonds. The van der Waals surface area contributed by atoms with Gasteiger partial charge < -0.3 is 10.4 Å². The molecule has 7 heteroatoms. The van der Waals surface area contributed by atoms with Gasteiger partial charge in [0.15, 0.2) is 0 Å². The lowest BCUT2D eigenvalue weighted by atomic mass is 10.1. The molecule has 1 fully saturated rings. The molecule has 6 nitrogen and oxygen atoms in total. The third-order valence-corrected chi connectivity index (χ3v) is 4.02. The lowest BCUT2D eigenvalue weighted by molar-refractivity contribution is 0.0928. The molecule has 1 saturated carbocycles. The van der Waals surface area contributed by atoms with Crippen LogP contribution in [0.5, 0.6) is 0 Å². The quantitative estimate of drug-likeness (QED) is 0.857. The number of rotatable bonds is 5. The van der Waals surface area contributed by atoms with Crippen LogP contribution in [0.15, 0.2) is 41.2 Å². The average molecular weight is 317 g/mol. The van der Waals surface area contributed by atoms with E-state index in [1.54, 1.807) is 0 Å². The van der Waals surface area contributed by atoms with Crippen molar-refractivity contribution in [1.29, 1.82) is 0 Å². The zero-order chi connectivity index (χ0) is 16.4. The Kier molecular flexibility index (Phi) is 3.96. The van der Waals surface area contributed by atoms with Crippen molar-refractivity contribution in [2.24, 2.45) is 5.41 Å². The second-order valence-corrected chi connectivity index (χ2v) is 5.79. The molecular formula is C16H16FN3O3. The SMILES string of the molecule is O=C(NCC1(CO)CC1)c1ccc(=O)n(-c2ccc(F)cc2)n1. The molecule has 0 unspecified atom stereocenters. The van der Waals surface area contributed by atoms with E-state index in [1.165, 1.54) is 36.4 Å². The van der Waals surface area contributed by atoms with E-state index >= 15 is 0 Å². The monoisotopic (exact) mass is 317 g/mol. The Hall–Kier alpha value is -2.54. The molecule has 0 spiro atoms. The summed E-state index contributed by atoms with van der Waals surface area (Å²) < 4.78 is 14.0. The number of hydrogen-bond donors (Lipinski definition) is 2. The first kappa shape index (κ1) is 15.4. The van der Waals surface area contributed by atoms with Crippen molar-refractivity contribution in [3.8, 4) is 5.69 Å². The standard InChI is InChI=1S/C16H16FN3O3/c17-11-1-3-12(4-2-11)20-14(22)6-5-13(19-20)15(23)18-9-16(10-21)7-8-16/h1-6,21H,7-10H2,(H,18,23). The topological polar surface area (TPSA) is 84.2 Å². The molecule has 2 N–H and O–H groups in total. The molecule has 0 radical (unpaired) electrons. The number of carbonyl (C=O) groups excluding carboxylic acids is 1. The number of hydrogen-bond acceptors (Lipinski definition) is 4. The summed E-state index contributed by atoms with van der Waals surface area (Å²) in [6.45, 7) is 0.412. The number of amides is 1. The van der Waals surface area contributed by atoms with Crippen LogP contribution in [-0.4, -0.2) is 33.9 Å². The number of aliphatic hydroxyl groups is 1. The largest absolute Gasteiger partial charge is 0.396 e. The molecule has 0 aliphatic heterocycles. The van der Waals surface area contributed by atoms with Crippen molar-refractivity contribution in [2.45, 2.75) is 12.8 Å². The maximum absolute atomic E-state index is 13.0. The Balaban J connectivity index is 1.81. The van der Waals surface area contributed by atoms with Gasteiger partial charge in [0.2, 0.25) is 0 Å². The summed E-state index contributed by atoms with van der Waals surface area (Å²) in [4.78, 5) is 24.0. The van der Waals surface area contributed by atoms with Crippen molar-refractivity contribution in [3.63, 3.8) is 0 Å². The Morgan fingerprint density at radius 3 is 2.57 bits per heavy atom. The van der Waals surface area contributed by atoms with Gasteiger partial charge in [0.25, 0.3) is 11.5 Å². The minimum absolute atomic E-state index is 0.0375. The molecule has 3 rings (SSSR count). The molecule has 23 heavy (non-hydrogen) atoms. The summed E-state index contributed by atoms with van der Waals surface area (Å²) in [5, 5.41) is 16.0. The van der Waals surface area contributed by atoms with Gasteiger partial charge in [-0.1, -0.05) is 0 Å². The fourth-order valence-corrected chi connectivity index (χ4v) is 2.23. The normalized spacial score (nSPS) is 15.2. The van der Waals surface area contributed by atoms with Gasteiger partial charge in [-0.25, -0.2) is 4.39 Å². The van der Waals surface area contributed by atoms with Gasteiger partial charge in [-0.15, -0.1) is 0 Å². The van der Waals surface area contributed by atoms with Crippen LogP contribution in [0.1, 0.15) is 23.3 Å². The number of nitrogens with one attached hydrogen (secondary N) is 1. The highest BCUT2D eigenvalue weighted by Crippen LogP contribution is 2.44. The van der Waals surface area contributed by atoms with Crippen molar-refractivity contribution >= 4 is 5.91 Å². The van der Waals surface area contributed by atoms with Crippen LogP contribution in [0.2, 0.25) is 0 Å². The van der Waals surface area contributed by atoms with E-state index in [4.69, 9.17) is 0 Å². The fourth-order valence-electron chi connectivity index (χ4n) is 2.23. The molecule has 0 atom stereocenters. The minimum atomic E-state index is -0.422. The van der Waals surface area contributed by atoms with Gasteiger partial charge in [-0.2, -0.15) is 9.78 Å². The molecule has 1 heterocycles. The van der Waals surface area contributed by atoms with E-state index in [2.05, 4.69) is 10.4 Å². The summed E-state index contributed by atoms with van der Waals surface area (Å²) >= 11 is 0. The van der Waals surface area contributed by atoms with Gasteiger partial charge >= 0.3 is 0 Å². The molecule has 2 aromatic rings. The highest BCUT2D eigenvalue weighted by molar-refractivity contribution is 5.92. The number of halogens is 1. The molecule has 0 saturated heterocycles. The number of aromatic nitrogens is 2. The highest BCUT2D eigenvalue weighted by atomic mass is 19.1.